The fourth-order valence-electron chi connectivity index (χ4n) is 2.36. The number of likely N-dealkylation sites (tertiary alicyclic amines) is 1. The monoisotopic (exact) mass is 326 g/mol. The van der Waals surface area contributed by atoms with Crippen LogP contribution in [0.1, 0.15) is 32.9 Å². The molecule has 1 N–H and O–H groups in total. The Kier molecular flexibility index (Phi) is 5.58. The van der Waals surface area contributed by atoms with Crippen molar-refractivity contribution < 1.29 is 9.53 Å². The van der Waals surface area contributed by atoms with Crippen molar-refractivity contribution in [2.24, 2.45) is 5.92 Å². The molecule has 1 fully saturated rings. The smallest absolute Gasteiger partial charge is 0.410 e. The SMILES string of the molecule is CC(C)(C)OC(=O)N1CC[C@H](CNCc2ccnc(Cl)n2)C1. The van der Waals surface area contributed by atoms with Gasteiger partial charge in [-0.25, -0.2) is 14.8 Å². The van der Waals surface area contributed by atoms with Crippen molar-refractivity contribution in [3.8, 4) is 0 Å². The molecule has 22 heavy (non-hydrogen) atoms. The summed E-state index contributed by atoms with van der Waals surface area (Å²) < 4.78 is 5.39. The maximum atomic E-state index is 12.0. The summed E-state index contributed by atoms with van der Waals surface area (Å²) in [7, 11) is 0. The third kappa shape index (κ3) is 5.42. The maximum Gasteiger partial charge on any atom is 0.410 e. The first kappa shape index (κ1) is 17.0. The Morgan fingerprint density at radius 2 is 2.32 bits per heavy atom. The van der Waals surface area contributed by atoms with E-state index in [1.165, 1.54) is 0 Å². The number of carbonyl (C=O) groups is 1. The molecule has 0 saturated carbocycles. The summed E-state index contributed by atoms with van der Waals surface area (Å²) in [6, 6.07) is 1.83. The van der Waals surface area contributed by atoms with Crippen LogP contribution >= 0.6 is 11.6 Å². The molecule has 1 amide bonds. The lowest BCUT2D eigenvalue weighted by molar-refractivity contribution is 0.0288. The predicted molar refractivity (Wildman–Crippen MR) is 84.7 cm³/mol. The van der Waals surface area contributed by atoms with Crippen LogP contribution in [0.4, 0.5) is 4.79 Å². The van der Waals surface area contributed by atoms with E-state index in [2.05, 4.69) is 15.3 Å². The lowest BCUT2D eigenvalue weighted by Crippen LogP contribution is -2.36. The van der Waals surface area contributed by atoms with Crippen molar-refractivity contribution in [1.29, 1.82) is 0 Å². The van der Waals surface area contributed by atoms with Gasteiger partial charge in [-0.05, 0) is 50.8 Å². The van der Waals surface area contributed by atoms with Gasteiger partial charge in [0.25, 0.3) is 0 Å². The van der Waals surface area contributed by atoms with E-state index in [1.54, 1.807) is 11.1 Å². The summed E-state index contributed by atoms with van der Waals surface area (Å²) in [5.74, 6) is 0.435. The Bertz CT molecular complexity index is 519. The largest absolute Gasteiger partial charge is 0.444 e. The van der Waals surface area contributed by atoms with Crippen LogP contribution in [0.15, 0.2) is 12.3 Å². The lowest BCUT2D eigenvalue weighted by atomic mass is 10.1. The van der Waals surface area contributed by atoms with Crippen molar-refractivity contribution in [3.63, 3.8) is 0 Å². The van der Waals surface area contributed by atoms with Gasteiger partial charge in [0.15, 0.2) is 0 Å². The highest BCUT2D eigenvalue weighted by molar-refractivity contribution is 6.28. The zero-order valence-corrected chi connectivity index (χ0v) is 14.1. The first-order valence-corrected chi connectivity index (χ1v) is 7.87. The number of carbonyl (C=O) groups excluding carboxylic acids is 1. The molecule has 6 nitrogen and oxygen atoms in total. The number of halogens is 1. The van der Waals surface area contributed by atoms with Crippen LogP contribution in [0.25, 0.3) is 0 Å². The Labute approximate surface area is 136 Å². The topological polar surface area (TPSA) is 67.3 Å². The molecule has 0 aromatic carbocycles. The second-order valence-corrected chi connectivity index (χ2v) is 6.87. The van der Waals surface area contributed by atoms with Gasteiger partial charge >= 0.3 is 6.09 Å². The Morgan fingerprint density at radius 1 is 1.55 bits per heavy atom. The van der Waals surface area contributed by atoms with Gasteiger partial charge in [-0.2, -0.15) is 0 Å². The number of hydrogen-bond acceptors (Lipinski definition) is 5. The Morgan fingerprint density at radius 3 is 3.00 bits per heavy atom. The van der Waals surface area contributed by atoms with Crippen LogP contribution in [-0.2, 0) is 11.3 Å². The number of ether oxygens (including phenoxy) is 1. The molecule has 0 aliphatic carbocycles. The summed E-state index contributed by atoms with van der Waals surface area (Å²) >= 11 is 5.75. The number of hydrogen-bond donors (Lipinski definition) is 1. The van der Waals surface area contributed by atoms with Crippen molar-refractivity contribution in [3.05, 3.63) is 23.2 Å². The number of nitrogens with zero attached hydrogens (tertiary/aromatic N) is 3. The van der Waals surface area contributed by atoms with E-state index < -0.39 is 5.60 Å². The minimum absolute atomic E-state index is 0.224. The average Bonchev–Trinajstić information content (AvgIpc) is 2.86. The molecule has 0 spiro atoms. The number of rotatable bonds is 4. The fourth-order valence-corrected chi connectivity index (χ4v) is 2.53. The third-order valence-corrected chi connectivity index (χ3v) is 3.54. The summed E-state index contributed by atoms with van der Waals surface area (Å²) in [6.45, 7) is 8.60. The highest BCUT2D eigenvalue weighted by Crippen LogP contribution is 2.19. The van der Waals surface area contributed by atoms with E-state index in [0.29, 0.717) is 12.5 Å². The molecule has 122 valence electrons. The molecular formula is C15H23ClN4O2. The first-order valence-electron chi connectivity index (χ1n) is 7.49. The Hall–Kier alpha value is -1.40. The molecule has 1 aromatic heterocycles. The van der Waals surface area contributed by atoms with Gasteiger partial charge in [0.05, 0.1) is 5.69 Å². The van der Waals surface area contributed by atoms with Crippen molar-refractivity contribution in [1.82, 2.24) is 20.2 Å². The van der Waals surface area contributed by atoms with Crippen LogP contribution in [0.2, 0.25) is 5.28 Å². The molecule has 2 heterocycles. The van der Waals surface area contributed by atoms with Gasteiger partial charge in [-0.15, -0.1) is 0 Å². The Balaban J connectivity index is 1.71. The molecule has 0 bridgehead atoms. The summed E-state index contributed by atoms with van der Waals surface area (Å²) in [6.07, 6.45) is 2.40. The molecule has 2 rings (SSSR count). The second kappa shape index (κ2) is 7.24. The van der Waals surface area contributed by atoms with E-state index in [9.17, 15) is 4.79 Å². The van der Waals surface area contributed by atoms with E-state index >= 15 is 0 Å². The average molecular weight is 327 g/mol. The van der Waals surface area contributed by atoms with Crippen molar-refractivity contribution in [2.45, 2.75) is 39.3 Å². The van der Waals surface area contributed by atoms with Gasteiger partial charge < -0.3 is 15.0 Å². The van der Waals surface area contributed by atoms with E-state index in [1.807, 2.05) is 26.8 Å². The minimum Gasteiger partial charge on any atom is -0.444 e. The van der Waals surface area contributed by atoms with Crippen LogP contribution in [-0.4, -0.2) is 46.2 Å². The molecule has 1 atom stereocenters. The van der Waals surface area contributed by atoms with Gasteiger partial charge in [0.1, 0.15) is 5.60 Å². The number of amides is 1. The molecular weight excluding hydrogens is 304 g/mol. The summed E-state index contributed by atoms with van der Waals surface area (Å²) in [4.78, 5) is 21.7. The van der Waals surface area contributed by atoms with Crippen molar-refractivity contribution in [2.75, 3.05) is 19.6 Å². The molecule has 1 aliphatic heterocycles. The van der Waals surface area contributed by atoms with Gasteiger partial charge in [0, 0.05) is 32.4 Å². The molecule has 1 aromatic rings. The minimum atomic E-state index is -0.445. The highest BCUT2D eigenvalue weighted by Gasteiger charge is 2.29. The van der Waals surface area contributed by atoms with Gasteiger partial charge in [-0.1, -0.05) is 0 Å². The van der Waals surface area contributed by atoms with Gasteiger partial charge in [0.2, 0.25) is 5.28 Å². The van der Waals surface area contributed by atoms with Crippen LogP contribution in [0.5, 0.6) is 0 Å². The molecule has 0 unspecified atom stereocenters. The number of aromatic nitrogens is 2. The van der Waals surface area contributed by atoms with E-state index in [0.717, 1.165) is 31.7 Å². The zero-order chi connectivity index (χ0) is 16.2. The van der Waals surface area contributed by atoms with Crippen molar-refractivity contribution >= 4 is 17.7 Å². The second-order valence-electron chi connectivity index (χ2n) is 6.53. The third-order valence-electron chi connectivity index (χ3n) is 3.36. The van der Waals surface area contributed by atoms with Crippen LogP contribution in [0.3, 0.4) is 0 Å². The summed E-state index contributed by atoms with van der Waals surface area (Å²) in [5.41, 5.74) is 0.418. The van der Waals surface area contributed by atoms with Crippen LogP contribution in [0, 0.1) is 5.92 Å². The maximum absolute atomic E-state index is 12.0. The molecule has 1 aliphatic rings. The lowest BCUT2D eigenvalue weighted by Gasteiger charge is -2.24. The van der Waals surface area contributed by atoms with Gasteiger partial charge in [-0.3, -0.25) is 0 Å². The zero-order valence-electron chi connectivity index (χ0n) is 13.3. The normalized spacial score (nSPS) is 18.5. The molecule has 1 saturated heterocycles. The van der Waals surface area contributed by atoms with Crippen LogP contribution < -0.4 is 5.32 Å². The quantitative estimate of drug-likeness (QED) is 0.861. The molecule has 0 radical (unpaired) electrons. The fraction of sp³-hybridized carbons (Fsp3) is 0.667. The predicted octanol–water partition coefficient (Wildman–Crippen LogP) is 2.48. The van der Waals surface area contributed by atoms with E-state index in [4.69, 9.17) is 16.3 Å². The highest BCUT2D eigenvalue weighted by atomic mass is 35.5. The standard InChI is InChI=1S/C15H23ClN4O2/c1-15(2,3)22-14(21)20-7-5-11(10-20)8-17-9-12-4-6-18-13(16)19-12/h4,6,11,17H,5,7-10H2,1-3H3/t11-/m1/s1. The number of nitrogens with one attached hydrogen (secondary N) is 1. The van der Waals surface area contributed by atoms with E-state index in [-0.39, 0.29) is 11.4 Å². The summed E-state index contributed by atoms with van der Waals surface area (Å²) in [5, 5.41) is 3.61. The first-order chi connectivity index (χ1) is 10.3. The molecule has 7 heteroatoms.